The molecular formula is C10H12O3S. The number of aliphatic hydroxyl groups is 1. The van der Waals surface area contributed by atoms with E-state index in [0.717, 1.165) is 10.5 Å². The first-order valence-electron chi connectivity index (χ1n) is 4.27. The molecule has 1 rings (SSSR count). The molecule has 14 heavy (non-hydrogen) atoms. The van der Waals surface area contributed by atoms with Crippen molar-refractivity contribution in [1.82, 2.24) is 0 Å². The summed E-state index contributed by atoms with van der Waals surface area (Å²) in [6.45, 7) is 0.0417. The highest BCUT2D eigenvalue weighted by atomic mass is 32.2. The quantitative estimate of drug-likeness (QED) is 0.730. The summed E-state index contributed by atoms with van der Waals surface area (Å²) < 4.78 is 0. The molecule has 0 aliphatic heterocycles. The van der Waals surface area contributed by atoms with Crippen molar-refractivity contribution in [2.24, 2.45) is 0 Å². The van der Waals surface area contributed by atoms with E-state index in [0.29, 0.717) is 5.75 Å². The fourth-order valence-electron chi connectivity index (χ4n) is 0.947. The topological polar surface area (TPSA) is 57.5 Å². The second kappa shape index (κ2) is 5.67. The van der Waals surface area contributed by atoms with E-state index in [-0.39, 0.29) is 13.0 Å². The zero-order valence-corrected chi connectivity index (χ0v) is 8.46. The van der Waals surface area contributed by atoms with Gasteiger partial charge in [0, 0.05) is 10.6 Å². The first-order chi connectivity index (χ1) is 6.72. The maximum absolute atomic E-state index is 10.2. The molecule has 0 bridgehead atoms. The number of carboxylic acids is 1. The number of aliphatic hydroxyl groups excluding tert-OH is 1. The van der Waals surface area contributed by atoms with E-state index in [4.69, 9.17) is 10.2 Å². The lowest BCUT2D eigenvalue weighted by Gasteiger charge is -2.00. The Bertz CT molecular complexity index is 295. The van der Waals surface area contributed by atoms with Gasteiger partial charge in [-0.05, 0) is 17.7 Å². The second-order valence-corrected chi connectivity index (χ2v) is 3.96. The van der Waals surface area contributed by atoms with Crippen LogP contribution in [0.5, 0.6) is 0 Å². The lowest BCUT2D eigenvalue weighted by molar-refractivity contribution is -0.136. The van der Waals surface area contributed by atoms with Gasteiger partial charge in [-0.1, -0.05) is 12.1 Å². The van der Waals surface area contributed by atoms with E-state index in [2.05, 4.69) is 0 Å². The highest BCUT2D eigenvalue weighted by Crippen LogP contribution is 2.19. The monoisotopic (exact) mass is 212 g/mol. The number of benzene rings is 1. The molecule has 0 atom stereocenters. The standard InChI is InChI=1S/C10H12O3S/c11-7-8-1-3-9(4-2-8)14-6-5-10(12)13/h1-4,11H,5-7H2,(H,12,13). The third kappa shape index (κ3) is 3.81. The summed E-state index contributed by atoms with van der Waals surface area (Å²) in [5.41, 5.74) is 0.868. The molecule has 3 nitrogen and oxygen atoms in total. The fourth-order valence-corrected chi connectivity index (χ4v) is 1.79. The lowest BCUT2D eigenvalue weighted by Crippen LogP contribution is -1.95. The van der Waals surface area contributed by atoms with Gasteiger partial charge >= 0.3 is 5.97 Å². The van der Waals surface area contributed by atoms with Gasteiger partial charge in [0.15, 0.2) is 0 Å². The van der Waals surface area contributed by atoms with Gasteiger partial charge < -0.3 is 10.2 Å². The molecule has 0 aliphatic rings. The molecule has 0 radical (unpaired) electrons. The van der Waals surface area contributed by atoms with Crippen LogP contribution in [0, 0.1) is 0 Å². The van der Waals surface area contributed by atoms with E-state index >= 15 is 0 Å². The summed E-state index contributed by atoms with van der Waals surface area (Å²) >= 11 is 1.51. The average Bonchev–Trinajstić information content (AvgIpc) is 2.18. The third-order valence-corrected chi connectivity index (χ3v) is 2.70. The number of hydrogen-bond donors (Lipinski definition) is 2. The predicted molar refractivity (Wildman–Crippen MR) is 55.3 cm³/mol. The summed E-state index contributed by atoms with van der Waals surface area (Å²) in [6, 6.07) is 7.45. The number of rotatable bonds is 5. The van der Waals surface area contributed by atoms with Crippen molar-refractivity contribution in [2.45, 2.75) is 17.9 Å². The molecule has 76 valence electrons. The zero-order chi connectivity index (χ0) is 10.4. The molecule has 0 spiro atoms. The minimum Gasteiger partial charge on any atom is -0.481 e. The van der Waals surface area contributed by atoms with E-state index in [1.165, 1.54) is 11.8 Å². The normalized spacial score (nSPS) is 10.1. The van der Waals surface area contributed by atoms with Gasteiger partial charge in [0.1, 0.15) is 0 Å². The number of thioether (sulfide) groups is 1. The molecule has 0 aliphatic carbocycles. The van der Waals surface area contributed by atoms with Crippen LogP contribution in [-0.2, 0) is 11.4 Å². The number of carboxylic acid groups (broad SMARTS) is 1. The van der Waals surface area contributed by atoms with Crippen LogP contribution in [0.1, 0.15) is 12.0 Å². The lowest BCUT2D eigenvalue weighted by atomic mass is 10.2. The van der Waals surface area contributed by atoms with Gasteiger partial charge in [0.05, 0.1) is 13.0 Å². The minimum absolute atomic E-state index is 0.0417. The van der Waals surface area contributed by atoms with Crippen LogP contribution in [0.15, 0.2) is 29.2 Å². The molecule has 1 aromatic rings. The summed E-state index contributed by atoms with van der Waals surface area (Å²) in [4.78, 5) is 11.3. The molecule has 0 fully saturated rings. The predicted octanol–water partition coefficient (Wildman–Crippen LogP) is 1.75. The van der Waals surface area contributed by atoms with Crippen LogP contribution >= 0.6 is 11.8 Å². The zero-order valence-electron chi connectivity index (χ0n) is 7.64. The average molecular weight is 212 g/mol. The highest BCUT2D eigenvalue weighted by Gasteiger charge is 1.98. The Hall–Kier alpha value is -1.00. The summed E-state index contributed by atoms with van der Waals surface area (Å²) in [5, 5.41) is 17.2. The Morgan fingerprint density at radius 1 is 1.29 bits per heavy atom. The second-order valence-electron chi connectivity index (χ2n) is 2.79. The largest absolute Gasteiger partial charge is 0.481 e. The Kier molecular flexibility index (Phi) is 4.49. The maximum atomic E-state index is 10.2. The van der Waals surface area contributed by atoms with E-state index < -0.39 is 5.97 Å². The SMILES string of the molecule is O=C(O)CCSc1ccc(CO)cc1. The van der Waals surface area contributed by atoms with Crippen LogP contribution in [0.3, 0.4) is 0 Å². The molecule has 4 heteroatoms. The van der Waals surface area contributed by atoms with Gasteiger partial charge in [-0.15, -0.1) is 11.8 Å². The summed E-state index contributed by atoms with van der Waals surface area (Å²) in [7, 11) is 0. The minimum atomic E-state index is -0.774. The van der Waals surface area contributed by atoms with Crippen molar-refractivity contribution in [2.75, 3.05) is 5.75 Å². The molecular weight excluding hydrogens is 200 g/mol. The van der Waals surface area contributed by atoms with E-state index in [1.54, 1.807) is 0 Å². The van der Waals surface area contributed by atoms with Gasteiger partial charge in [0.2, 0.25) is 0 Å². The van der Waals surface area contributed by atoms with Crippen molar-refractivity contribution in [1.29, 1.82) is 0 Å². The molecule has 0 amide bonds. The van der Waals surface area contributed by atoms with Crippen LogP contribution in [0.25, 0.3) is 0 Å². The van der Waals surface area contributed by atoms with Crippen molar-refractivity contribution in [3.8, 4) is 0 Å². The van der Waals surface area contributed by atoms with Crippen LogP contribution < -0.4 is 0 Å². The van der Waals surface area contributed by atoms with E-state index in [1.807, 2.05) is 24.3 Å². The molecule has 0 heterocycles. The van der Waals surface area contributed by atoms with Crippen molar-refractivity contribution < 1.29 is 15.0 Å². The number of carbonyl (C=O) groups is 1. The molecule has 0 aromatic heterocycles. The number of hydrogen-bond acceptors (Lipinski definition) is 3. The summed E-state index contributed by atoms with van der Waals surface area (Å²) in [6.07, 6.45) is 0.173. The van der Waals surface area contributed by atoms with Crippen molar-refractivity contribution >= 4 is 17.7 Å². The van der Waals surface area contributed by atoms with Crippen LogP contribution in [0.4, 0.5) is 0 Å². The van der Waals surface area contributed by atoms with Gasteiger partial charge in [0.25, 0.3) is 0 Å². The van der Waals surface area contributed by atoms with Crippen LogP contribution in [-0.4, -0.2) is 21.9 Å². The Morgan fingerprint density at radius 3 is 2.43 bits per heavy atom. The van der Waals surface area contributed by atoms with Crippen molar-refractivity contribution in [3.05, 3.63) is 29.8 Å². The first-order valence-corrected chi connectivity index (χ1v) is 5.25. The van der Waals surface area contributed by atoms with Gasteiger partial charge in [-0.25, -0.2) is 0 Å². The Balaban J connectivity index is 2.40. The third-order valence-electron chi connectivity index (χ3n) is 1.69. The van der Waals surface area contributed by atoms with Gasteiger partial charge in [-0.3, -0.25) is 4.79 Å². The van der Waals surface area contributed by atoms with E-state index in [9.17, 15) is 4.79 Å². The number of aliphatic carboxylic acids is 1. The highest BCUT2D eigenvalue weighted by molar-refractivity contribution is 7.99. The molecule has 0 unspecified atom stereocenters. The molecule has 0 saturated heterocycles. The summed E-state index contributed by atoms with van der Waals surface area (Å²) in [5.74, 6) is -0.196. The molecule has 1 aromatic carbocycles. The van der Waals surface area contributed by atoms with Crippen molar-refractivity contribution in [3.63, 3.8) is 0 Å². The maximum Gasteiger partial charge on any atom is 0.304 e. The Labute approximate surface area is 86.8 Å². The molecule has 0 saturated carbocycles. The fraction of sp³-hybridized carbons (Fsp3) is 0.300. The Morgan fingerprint density at radius 2 is 1.93 bits per heavy atom. The van der Waals surface area contributed by atoms with Crippen LogP contribution in [0.2, 0.25) is 0 Å². The first kappa shape index (κ1) is 11.1. The van der Waals surface area contributed by atoms with Gasteiger partial charge in [-0.2, -0.15) is 0 Å². The smallest absolute Gasteiger partial charge is 0.304 e. The molecule has 2 N–H and O–H groups in total.